The van der Waals surface area contributed by atoms with Crippen LogP contribution in [0, 0.1) is 11.3 Å². The van der Waals surface area contributed by atoms with Gasteiger partial charge in [0.2, 0.25) is 5.91 Å². The minimum Gasteiger partial charge on any atom is -0.489 e. The van der Waals surface area contributed by atoms with Crippen LogP contribution < -0.4 is 10.1 Å². The summed E-state index contributed by atoms with van der Waals surface area (Å²) in [5.74, 6) is 1.51. The molecule has 4 rings (SSSR count). The lowest BCUT2D eigenvalue weighted by molar-refractivity contribution is -0.131. The fraction of sp³-hybridized carbons (Fsp3) is 0.417. The number of nitrogens with one attached hydrogen (secondary N) is 1. The zero-order chi connectivity index (χ0) is 20.9. The number of carbonyl (C=O) groups excluding carboxylic acids is 1. The summed E-state index contributed by atoms with van der Waals surface area (Å²) < 4.78 is 5.85. The minimum absolute atomic E-state index is 0.209. The van der Waals surface area contributed by atoms with Crippen molar-refractivity contribution in [3.05, 3.63) is 65.2 Å². The largest absolute Gasteiger partial charge is 0.489 e. The lowest BCUT2D eigenvalue weighted by atomic mass is 10.1. The Morgan fingerprint density at radius 3 is 2.47 bits per heavy atom. The minimum atomic E-state index is 0.209. The van der Waals surface area contributed by atoms with E-state index in [1.807, 2.05) is 29.2 Å². The Kier molecular flexibility index (Phi) is 6.32. The van der Waals surface area contributed by atoms with Crippen LogP contribution in [0.5, 0.6) is 5.75 Å². The SMILES string of the molecule is CN1CCN(C(=O)CNC2CC2c2ccc(OCc3ccc(C#N)cc3)cc2)CC1. The zero-order valence-electron chi connectivity index (χ0n) is 17.4. The summed E-state index contributed by atoms with van der Waals surface area (Å²) >= 11 is 0. The molecular weight excluding hydrogens is 376 g/mol. The molecule has 1 saturated carbocycles. The molecule has 0 aromatic heterocycles. The summed E-state index contributed by atoms with van der Waals surface area (Å²) in [7, 11) is 2.10. The van der Waals surface area contributed by atoms with Gasteiger partial charge in [-0.3, -0.25) is 4.79 Å². The molecule has 0 radical (unpaired) electrons. The van der Waals surface area contributed by atoms with E-state index in [0.717, 1.165) is 43.9 Å². The number of likely N-dealkylation sites (N-methyl/N-ethyl adjacent to an activating group) is 1. The lowest BCUT2D eigenvalue weighted by Gasteiger charge is -2.32. The number of amides is 1. The summed E-state index contributed by atoms with van der Waals surface area (Å²) in [6.07, 6.45) is 1.07. The summed E-state index contributed by atoms with van der Waals surface area (Å²) in [4.78, 5) is 16.6. The Labute approximate surface area is 178 Å². The Morgan fingerprint density at radius 1 is 1.10 bits per heavy atom. The zero-order valence-corrected chi connectivity index (χ0v) is 17.4. The quantitative estimate of drug-likeness (QED) is 0.767. The van der Waals surface area contributed by atoms with Crippen molar-refractivity contribution in [3.8, 4) is 11.8 Å². The second-order valence-electron chi connectivity index (χ2n) is 8.18. The molecule has 1 N–H and O–H groups in total. The number of piperazine rings is 1. The second-order valence-corrected chi connectivity index (χ2v) is 8.18. The Morgan fingerprint density at radius 2 is 1.80 bits per heavy atom. The van der Waals surface area contributed by atoms with E-state index in [1.54, 1.807) is 12.1 Å². The van der Waals surface area contributed by atoms with Crippen LogP contribution in [-0.4, -0.2) is 61.5 Å². The number of nitriles is 1. The predicted molar refractivity (Wildman–Crippen MR) is 115 cm³/mol. The molecule has 1 aliphatic carbocycles. The third kappa shape index (κ3) is 5.18. The molecule has 2 atom stereocenters. The lowest BCUT2D eigenvalue weighted by Crippen LogP contribution is -2.49. The van der Waals surface area contributed by atoms with Gasteiger partial charge in [-0.2, -0.15) is 5.26 Å². The molecule has 156 valence electrons. The van der Waals surface area contributed by atoms with Crippen LogP contribution >= 0.6 is 0 Å². The van der Waals surface area contributed by atoms with Gasteiger partial charge in [0, 0.05) is 38.1 Å². The topological polar surface area (TPSA) is 68.6 Å². The van der Waals surface area contributed by atoms with Crippen molar-refractivity contribution in [1.82, 2.24) is 15.1 Å². The van der Waals surface area contributed by atoms with E-state index in [-0.39, 0.29) is 5.91 Å². The van der Waals surface area contributed by atoms with Crippen LogP contribution in [0.3, 0.4) is 0 Å². The number of carbonyl (C=O) groups is 1. The first-order chi connectivity index (χ1) is 14.6. The van der Waals surface area contributed by atoms with E-state index in [0.29, 0.717) is 30.7 Å². The summed E-state index contributed by atoms with van der Waals surface area (Å²) in [6, 6.07) is 18.2. The van der Waals surface area contributed by atoms with E-state index >= 15 is 0 Å². The number of ether oxygens (including phenoxy) is 1. The van der Waals surface area contributed by atoms with Crippen LogP contribution in [0.4, 0.5) is 0 Å². The van der Waals surface area contributed by atoms with Gasteiger partial charge in [-0.1, -0.05) is 24.3 Å². The van der Waals surface area contributed by atoms with Crippen molar-refractivity contribution in [2.45, 2.75) is 25.0 Å². The fourth-order valence-electron chi connectivity index (χ4n) is 3.83. The molecule has 30 heavy (non-hydrogen) atoms. The van der Waals surface area contributed by atoms with Gasteiger partial charge in [0.05, 0.1) is 18.2 Å². The monoisotopic (exact) mass is 404 g/mol. The van der Waals surface area contributed by atoms with Crippen molar-refractivity contribution in [1.29, 1.82) is 5.26 Å². The standard InChI is InChI=1S/C24H28N4O2/c1-27-10-12-28(13-11-27)24(29)16-26-23-14-22(23)20-6-8-21(9-7-20)30-17-19-4-2-18(15-25)3-5-19/h2-9,22-23,26H,10-14,16-17H2,1H3. The van der Waals surface area contributed by atoms with Crippen LogP contribution in [0.2, 0.25) is 0 Å². The van der Waals surface area contributed by atoms with Crippen LogP contribution in [-0.2, 0) is 11.4 Å². The molecule has 1 saturated heterocycles. The van der Waals surface area contributed by atoms with Crippen molar-refractivity contribution >= 4 is 5.91 Å². The van der Waals surface area contributed by atoms with Gasteiger partial charge in [-0.05, 0) is 48.9 Å². The first kappa shape index (κ1) is 20.4. The molecule has 2 aliphatic rings. The van der Waals surface area contributed by atoms with Gasteiger partial charge in [0.1, 0.15) is 12.4 Å². The summed E-state index contributed by atoms with van der Waals surface area (Å²) in [6.45, 7) is 4.47. The average Bonchev–Trinajstić information content (AvgIpc) is 3.57. The van der Waals surface area contributed by atoms with E-state index in [4.69, 9.17) is 10.00 Å². The Bertz CT molecular complexity index is 896. The predicted octanol–water partition coefficient (Wildman–Crippen LogP) is 2.36. The molecule has 0 bridgehead atoms. The number of nitrogens with zero attached hydrogens (tertiary/aromatic N) is 3. The van der Waals surface area contributed by atoms with Gasteiger partial charge < -0.3 is 19.9 Å². The molecule has 2 aromatic carbocycles. The number of hydrogen-bond donors (Lipinski definition) is 1. The first-order valence-electron chi connectivity index (χ1n) is 10.5. The number of rotatable bonds is 7. The molecule has 2 unspecified atom stereocenters. The van der Waals surface area contributed by atoms with E-state index < -0.39 is 0 Å². The molecular formula is C24H28N4O2. The maximum atomic E-state index is 12.4. The van der Waals surface area contributed by atoms with Gasteiger partial charge in [0.25, 0.3) is 0 Å². The van der Waals surface area contributed by atoms with Gasteiger partial charge >= 0.3 is 0 Å². The molecule has 1 aliphatic heterocycles. The first-order valence-corrected chi connectivity index (χ1v) is 10.5. The average molecular weight is 405 g/mol. The molecule has 2 aromatic rings. The molecule has 6 nitrogen and oxygen atoms in total. The fourth-order valence-corrected chi connectivity index (χ4v) is 3.83. The third-order valence-electron chi connectivity index (χ3n) is 5.96. The number of hydrogen-bond acceptors (Lipinski definition) is 5. The normalized spacial score (nSPS) is 21.1. The molecule has 6 heteroatoms. The van der Waals surface area contributed by atoms with Gasteiger partial charge in [-0.25, -0.2) is 0 Å². The molecule has 1 amide bonds. The summed E-state index contributed by atoms with van der Waals surface area (Å²) in [5, 5.41) is 12.3. The Hall–Kier alpha value is -2.88. The van der Waals surface area contributed by atoms with E-state index in [2.05, 4.69) is 35.5 Å². The van der Waals surface area contributed by atoms with Crippen LogP contribution in [0.1, 0.15) is 29.0 Å². The smallest absolute Gasteiger partial charge is 0.236 e. The van der Waals surface area contributed by atoms with Crippen molar-refractivity contribution in [3.63, 3.8) is 0 Å². The van der Waals surface area contributed by atoms with E-state index in [9.17, 15) is 4.79 Å². The molecule has 1 heterocycles. The number of benzene rings is 2. The summed E-state index contributed by atoms with van der Waals surface area (Å²) in [5.41, 5.74) is 2.97. The maximum Gasteiger partial charge on any atom is 0.236 e. The highest BCUT2D eigenvalue weighted by atomic mass is 16.5. The highest BCUT2D eigenvalue weighted by Gasteiger charge is 2.38. The van der Waals surface area contributed by atoms with Gasteiger partial charge in [0.15, 0.2) is 0 Å². The van der Waals surface area contributed by atoms with E-state index in [1.165, 1.54) is 5.56 Å². The van der Waals surface area contributed by atoms with Crippen molar-refractivity contribution in [2.75, 3.05) is 39.8 Å². The molecule has 0 spiro atoms. The van der Waals surface area contributed by atoms with Crippen LogP contribution in [0.25, 0.3) is 0 Å². The molecule has 2 fully saturated rings. The highest BCUT2D eigenvalue weighted by Crippen LogP contribution is 2.41. The van der Waals surface area contributed by atoms with Crippen LogP contribution in [0.15, 0.2) is 48.5 Å². The van der Waals surface area contributed by atoms with Gasteiger partial charge in [-0.15, -0.1) is 0 Å². The van der Waals surface area contributed by atoms with Crippen molar-refractivity contribution in [2.24, 2.45) is 0 Å². The maximum absolute atomic E-state index is 12.4. The van der Waals surface area contributed by atoms with Crippen molar-refractivity contribution < 1.29 is 9.53 Å². The third-order valence-corrected chi connectivity index (χ3v) is 5.96. The Balaban J connectivity index is 1.20. The highest BCUT2D eigenvalue weighted by molar-refractivity contribution is 5.78. The second kappa shape index (κ2) is 9.29.